The van der Waals surface area contributed by atoms with Crippen molar-refractivity contribution in [2.45, 2.75) is 44.1 Å². The summed E-state index contributed by atoms with van der Waals surface area (Å²) in [5.74, 6) is 0.0290. The average molecular weight is 489 g/mol. The number of carbonyl (C=O) groups is 3. The zero-order valence-corrected chi connectivity index (χ0v) is 20.7. The van der Waals surface area contributed by atoms with E-state index in [1.54, 1.807) is 7.11 Å². The first-order valence-corrected chi connectivity index (χ1v) is 12.5. The molecule has 2 heterocycles. The number of imide groups is 1. The molecule has 5 rings (SSSR count). The summed E-state index contributed by atoms with van der Waals surface area (Å²) in [7, 11) is 1.63. The Labute approximate surface area is 210 Å². The van der Waals surface area contributed by atoms with Crippen LogP contribution in [0.15, 0.2) is 54.7 Å². The predicted octanol–water partition coefficient (Wildman–Crippen LogP) is 3.93. The van der Waals surface area contributed by atoms with Gasteiger partial charge >= 0.3 is 6.03 Å². The number of methoxy groups -OCH3 is 1. The lowest BCUT2D eigenvalue weighted by molar-refractivity contribution is -0.137. The molecule has 8 heteroatoms. The molecule has 188 valence electrons. The van der Waals surface area contributed by atoms with Gasteiger partial charge in [0.2, 0.25) is 5.91 Å². The van der Waals surface area contributed by atoms with Crippen LogP contribution in [0.4, 0.5) is 4.79 Å². The van der Waals surface area contributed by atoms with E-state index in [1.165, 1.54) is 0 Å². The molecule has 3 aromatic rings. The molecule has 3 N–H and O–H groups in total. The van der Waals surface area contributed by atoms with Gasteiger partial charge in [0.15, 0.2) is 0 Å². The van der Waals surface area contributed by atoms with E-state index < -0.39 is 11.6 Å². The fraction of sp³-hybridized carbons (Fsp3) is 0.393. The highest BCUT2D eigenvalue weighted by molar-refractivity contribution is 6.09. The van der Waals surface area contributed by atoms with E-state index in [2.05, 4.69) is 21.7 Å². The molecule has 1 aromatic heterocycles. The van der Waals surface area contributed by atoms with Crippen molar-refractivity contribution in [3.05, 3.63) is 65.9 Å². The molecule has 2 fully saturated rings. The molecule has 36 heavy (non-hydrogen) atoms. The Morgan fingerprint density at radius 3 is 2.69 bits per heavy atom. The molecule has 1 aliphatic carbocycles. The van der Waals surface area contributed by atoms with Crippen LogP contribution >= 0.6 is 0 Å². The van der Waals surface area contributed by atoms with Gasteiger partial charge in [-0.3, -0.25) is 14.5 Å². The van der Waals surface area contributed by atoms with E-state index in [4.69, 9.17) is 4.74 Å². The van der Waals surface area contributed by atoms with Crippen molar-refractivity contribution in [2.75, 3.05) is 20.2 Å². The van der Waals surface area contributed by atoms with Crippen molar-refractivity contribution < 1.29 is 19.1 Å². The van der Waals surface area contributed by atoms with Gasteiger partial charge in [-0.05, 0) is 48.1 Å². The number of hydrogen-bond donors (Lipinski definition) is 3. The zero-order chi connectivity index (χ0) is 25.3. The number of benzene rings is 2. The van der Waals surface area contributed by atoms with Crippen molar-refractivity contribution in [2.24, 2.45) is 5.92 Å². The van der Waals surface area contributed by atoms with Crippen LogP contribution in [-0.2, 0) is 9.59 Å². The van der Waals surface area contributed by atoms with Crippen LogP contribution in [0.2, 0.25) is 0 Å². The molecule has 2 aliphatic rings. The Kier molecular flexibility index (Phi) is 6.43. The molecule has 2 aromatic carbocycles. The smallest absolute Gasteiger partial charge is 0.325 e. The minimum absolute atomic E-state index is 0.0529. The highest BCUT2D eigenvalue weighted by Crippen LogP contribution is 2.38. The van der Waals surface area contributed by atoms with Gasteiger partial charge < -0.3 is 20.4 Å². The Hall–Kier alpha value is -3.81. The van der Waals surface area contributed by atoms with Crippen molar-refractivity contribution in [3.63, 3.8) is 0 Å². The average Bonchev–Trinajstić information content (AvgIpc) is 3.42. The molecule has 3 atom stereocenters. The minimum atomic E-state index is -0.870. The Morgan fingerprint density at radius 1 is 1.17 bits per heavy atom. The van der Waals surface area contributed by atoms with Gasteiger partial charge in [-0.2, -0.15) is 0 Å². The summed E-state index contributed by atoms with van der Waals surface area (Å²) >= 11 is 0. The van der Waals surface area contributed by atoms with Gasteiger partial charge in [0.05, 0.1) is 7.11 Å². The summed E-state index contributed by atoms with van der Waals surface area (Å²) in [5.41, 5.74) is 2.22. The van der Waals surface area contributed by atoms with Crippen LogP contribution in [-0.4, -0.2) is 53.5 Å². The summed E-state index contributed by atoms with van der Waals surface area (Å²) in [5, 5.41) is 6.96. The van der Waals surface area contributed by atoms with E-state index in [-0.39, 0.29) is 30.2 Å². The van der Waals surface area contributed by atoms with Gasteiger partial charge in [0.1, 0.15) is 17.8 Å². The number of hydrogen-bond acceptors (Lipinski definition) is 4. The minimum Gasteiger partial charge on any atom is -0.497 e. The number of rotatable bonds is 7. The summed E-state index contributed by atoms with van der Waals surface area (Å²) in [6, 6.07) is 15.3. The number of fused-ring (bicyclic) bond motifs is 1. The lowest BCUT2D eigenvalue weighted by atomic mass is 9.73. The molecular formula is C28H32N4O4. The number of urea groups is 1. The van der Waals surface area contributed by atoms with E-state index in [0.717, 1.165) is 51.9 Å². The number of amides is 4. The number of ether oxygens (including phenoxy) is 1. The summed E-state index contributed by atoms with van der Waals surface area (Å²) in [6.07, 6.45) is 5.42. The van der Waals surface area contributed by atoms with Crippen LogP contribution in [0.5, 0.6) is 5.75 Å². The number of aromatic amines is 1. The monoisotopic (exact) mass is 488 g/mol. The Bertz CT molecular complexity index is 1280. The number of para-hydroxylation sites is 1. The zero-order valence-electron chi connectivity index (χ0n) is 20.7. The largest absolute Gasteiger partial charge is 0.497 e. The molecule has 1 aliphatic heterocycles. The lowest BCUT2D eigenvalue weighted by Crippen LogP contribution is -2.54. The van der Waals surface area contributed by atoms with Crippen LogP contribution in [0.3, 0.4) is 0 Å². The quantitative estimate of drug-likeness (QED) is 0.439. The first kappa shape index (κ1) is 23.9. The molecule has 0 bridgehead atoms. The van der Waals surface area contributed by atoms with Crippen LogP contribution < -0.4 is 15.4 Å². The normalized spacial score (nSPS) is 22.6. The summed E-state index contributed by atoms with van der Waals surface area (Å²) in [4.78, 5) is 43.3. The molecule has 3 unspecified atom stereocenters. The standard InChI is InChI=1S/C28H32N4O4/c1-18-7-5-6-14-28(18)26(34)32(27(35)31-28)17-25(33)30-15-22(19-10-12-20(36-2)13-11-19)23-16-29-24-9-4-3-8-21(23)24/h3-4,8-13,16,18,22,29H,5-7,14-15,17H2,1-2H3,(H,30,33)(H,31,35). The first-order chi connectivity index (χ1) is 17.4. The fourth-order valence-electron chi connectivity index (χ4n) is 5.68. The summed E-state index contributed by atoms with van der Waals surface area (Å²) in [6.45, 7) is 2.03. The van der Waals surface area contributed by atoms with Gasteiger partial charge in [-0.1, -0.05) is 50.1 Å². The third-order valence-electron chi connectivity index (χ3n) is 7.82. The van der Waals surface area contributed by atoms with Crippen LogP contribution in [0.25, 0.3) is 10.9 Å². The van der Waals surface area contributed by atoms with E-state index in [1.807, 2.05) is 55.6 Å². The molecular weight excluding hydrogens is 456 g/mol. The number of carbonyl (C=O) groups excluding carboxylic acids is 3. The second kappa shape index (κ2) is 9.68. The van der Waals surface area contributed by atoms with Crippen molar-refractivity contribution in [3.8, 4) is 5.75 Å². The van der Waals surface area contributed by atoms with Crippen molar-refractivity contribution >= 4 is 28.7 Å². The molecule has 0 radical (unpaired) electrons. The Balaban J connectivity index is 1.33. The predicted molar refractivity (Wildman–Crippen MR) is 137 cm³/mol. The Morgan fingerprint density at radius 2 is 1.94 bits per heavy atom. The molecule has 4 amide bonds. The van der Waals surface area contributed by atoms with E-state index in [0.29, 0.717) is 13.0 Å². The fourth-order valence-corrected chi connectivity index (χ4v) is 5.68. The van der Waals surface area contributed by atoms with Crippen LogP contribution in [0.1, 0.15) is 49.7 Å². The lowest BCUT2D eigenvalue weighted by Gasteiger charge is -2.36. The molecule has 1 saturated heterocycles. The molecule has 1 spiro atoms. The van der Waals surface area contributed by atoms with Crippen molar-refractivity contribution in [1.29, 1.82) is 0 Å². The van der Waals surface area contributed by atoms with Gasteiger partial charge in [0, 0.05) is 29.6 Å². The maximum Gasteiger partial charge on any atom is 0.325 e. The number of nitrogens with one attached hydrogen (secondary N) is 3. The van der Waals surface area contributed by atoms with E-state index in [9.17, 15) is 14.4 Å². The van der Waals surface area contributed by atoms with E-state index >= 15 is 0 Å². The topological polar surface area (TPSA) is 104 Å². The third kappa shape index (κ3) is 4.21. The number of H-pyrrole nitrogens is 1. The maximum atomic E-state index is 13.2. The van der Waals surface area contributed by atoms with Gasteiger partial charge in [0.25, 0.3) is 5.91 Å². The maximum absolute atomic E-state index is 13.2. The number of nitrogens with zero attached hydrogens (tertiary/aromatic N) is 1. The van der Waals surface area contributed by atoms with Crippen molar-refractivity contribution in [1.82, 2.24) is 20.5 Å². The summed E-state index contributed by atoms with van der Waals surface area (Å²) < 4.78 is 5.31. The van der Waals surface area contributed by atoms with Crippen LogP contribution in [0, 0.1) is 5.92 Å². The van der Waals surface area contributed by atoms with Gasteiger partial charge in [-0.25, -0.2) is 4.79 Å². The molecule has 1 saturated carbocycles. The highest BCUT2D eigenvalue weighted by atomic mass is 16.5. The second-order valence-electron chi connectivity index (χ2n) is 9.86. The molecule has 8 nitrogen and oxygen atoms in total. The first-order valence-electron chi connectivity index (χ1n) is 12.5. The highest BCUT2D eigenvalue weighted by Gasteiger charge is 2.55. The SMILES string of the molecule is COc1ccc(C(CNC(=O)CN2C(=O)NC3(CCCCC3C)C2=O)c2c[nH]c3ccccc23)cc1. The third-order valence-corrected chi connectivity index (χ3v) is 7.82. The second-order valence-corrected chi connectivity index (χ2v) is 9.86. The number of aromatic nitrogens is 1. The van der Waals surface area contributed by atoms with Gasteiger partial charge in [-0.15, -0.1) is 0 Å².